The van der Waals surface area contributed by atoms with Gasteiger partial charge in [0.2, 0.25) is 0 Å². The Hall–Kier alpha value is -2.48. The first-order valence-electron chi connectivity index (χ1n) is 7.38. The highest BCUT2D eigenvalue weighted by Gasteiger charge is 2.30. The predicted molar refractivity (Wildman–Crippen MR) is 89.9 cm³/mol. The SMILES string of the molecule is FC(F)(F)Oc1ccc(CSCc2cccc(-c3c[nH]nn3)c2)cc1. The zero-order valence-corrected chi connectivity index (χ0v) is 13.8. The third-order valence-electron chi connectivity index (χ3n) is 3.33. The Morgan fingerprint density at radius 1 is 1.00 bits per heavy atom. The van der Waals surface area contributed by atoms with Gasteiger partial charge >= 0.3 is 6.36 Å². The van der Waals surface area contributed by atoms with E-state index < -0.39 is 6.36 Å². The van der Waals surface area contributed by atoms with E-state index in [4.69, 9.17) is 0 Å². The molecule has 4 nitrogen and oxygen atoms in total. The van der Waals surface area contributed by atoms with Crippen LogP contribution in [-0.4, -0.2) is 21.8 Å². The number of H-pyrrole nitrogens is 1. The second-order valence-corrected chi connectivity index (χ2v) is 6.23. The lowest BCUT2D eigenvalue weighted by molar-refractivity contribution is -0.274. The zero-order chi connectivity index (χ0) is 17.7. The van der Waals surface area contributed by atoms with Crippen LogP contribution in [0, 0.1) is 0 Å². The summed E-state index contributed by atoms with van der Waals surface area (Å²) in [6, 6.07) is 13.9. The van der Waals surface area contributed by atoms with Gasteiger partial charge in [-0.2, -0.15) is 11.8 Å². The number of nitrogens with one attached hydrogen (secondary N) is 1. The Bertz CT molecular complexity index is 805. The van der Waals surface area contributed by atoms with Crippen LogP contribution in [0.5, 0.6) is 5.75 Å². The first-order chi connectivity index (χ1) is 12.0. The molecule has 8 heteroatoms. The largest absolute Gasteiger partial charge is 0.573 e. The summed E-state index contributed by atoms with van der Waals surface area (Å²) >= 11 is 1.68. The number of alkyl halides is 3. The topological polar surface area (TPSA) is 50.8 Å². The maximum absolute atomic E-state index is 12.1. The molecule has 0 saturated carbocycles. The van der Waals surface area contributed by atoms with Crippen LogP contribution in [0.3, 0.4) is 0 Å². The normalized spacial score (nSPS) is 11.5. The third kappa shape index (κ3) is 5.25. The quantitative estimate of drug-likeness (QED) is 0.681. The van der Waals surface area contributed by atoms with Gasteiger partial charge in [0, 0.05) is 23.3 Å². The second-order valence-electron chi connectivity index (χ2n) is 5.24. The van der Waals surface area contributed by atoms with Crippen molar-refractivity contribution in [2.45, 2.75) is 17.9 Å². The molecule has 2 aromatic carbocycles. The van der Waals surface area contributed by atoms with E-state index in [2.05, 4.69) is 20.1 Å². The van der Waals surface area contributed by atoms with Gasteiger partial charge in [0.05, 0.1) is 0 Å². The average molecular weight is 365 g/mol. The lowest BCUT2D eigenvalue weighted by Gasteiger charge is -2.09. The van der Waals surface area contributed by atoms with Gasteiger partial charge < -0.3 is 4.74 Å². The fourth-order valence-corrected chi connectivity index (χ4v) is 3.18. The van der Waals surface area contributed by atoms with Crippen LogP contribution in [0.25, 0.3) is 11.3 Å². The van der Waals surface area contributed by atoms with Crippen molar-refractivity contribution >= 4 is 11.8 Å². The highest BCUT2D eigenvalue weighted by atomic mass is 32.2. The number of hydrogen-bond donors (Lipinski definition) is 1. The summed E-state index contributed by atoms with van der Waals surface area (Å²) in [7, 11) is 0. The molecule has 0 atom stereocenters. The molecule has 0 fully saturated rings. The minimum Gasteiger partial charge on any atom is -0.406 e. The predicted octanol–water partition coefficient (Wildman–Crippen LogP) is 4.80. The fraction of sp³-hybridized carbons (Fsp3) is 0.176. The smallest absolute Gasteiger partial charge is 0.406 e. The van der Waals surface area contributed by atoms with Crippen LogP contribution in [-0.2, 0) is 11.5 Å². The maximum Gasteiger partial charge on any atom is 0.573 e. The summed E-state index contributed by atoms with van der Waals surface area (Å²) in [5.41, 5.74) is 3.85. The molecule has 0 aliphatic carbocycles. The van der Waals surface area contributed by atoms with E-state index in [1.54, 1.807) is 30.1 Å². The fourth-order valence-electron chi connectivity index (χ4n) is 2.24. The van der Waals surface area contributed by atoms with E-state index in [1.807, 2.05) is 24.3 Å². The average Bonchev–Trinajstić information content (AvgIpc) is 3.10. The molecule has 0 bridgehead atoms. The molecule has 0 aliphatic rings. The van der Waals surface area contributed by atoms with Crippen molar-refractivity contribution in [3.05, 3.63) is 65.9 Å². The summed E-state index contributed by atoms with van der Waals surface area (Å²) in [5.74, 6) is 1.27. The number of hydrogen-bond acceptors (Lipinski definition) is 4. The summed E-state index contributed by atoms with van der Waals surface area (Å²) < 4.78 is 40.2. The first-order valence-corrected chi connectivity index (χ1v) is 8.53. The van der Waals surface area contributed by atoms with Crippen molar-refractivity contribution in [3.8, 4) is 17.0 Å². The highest BCUT2D eigenvalue weighted by molar-refractivity contribution is 7.97. The second kappa shape index (κ2) is 7.60. The minimum absolute atomic E-state index is 0.207. The van der Waals surface area contributed by atoms with Crippen LogP contribution in [0.2, 0.25) is 0 Å². The number of aromatic nitrogens is 3. The Balaban J connectivity index is 1.54. The number of thioether (sulfide) groups is 1. The molecule has 3 rings (SSSR count). The van der Waals surface area contributed by atoms with Crippen molar-refractivity contribution in [2.24, 2.45) is 0 Å². The minimum atomic E-state index is -4.66. The van der Waals surface area contributed by atoms with Gasteiger partial charge in [0.15, 0.2) is 0 Å². The van der Waals surface area contributed by atoms with Crippen LogP contribution >= 0.6 is 11.8 Å². The van der Waals surface area contributed by atoms with Gasteiger partial charge in [-0.05, 0) is 29.3 Å². The number of ether oxygens (including phenoxy) is 1. The molecule has 0 spiro atoms. The van der Waals surface area contributed by atoms with E-state index in [-0.39, 0.29) is 5.75 Å². The van der Waals surface area contributed by atoms with Gasteiger partial charge in [0.25, 0.3) is 0 Å². The van der Waals surface area contributed by atoms with E-state index >= 15 is 0 Å². The molecule has 0 saturated heterocycles. The summed E-state index contributed by atoms with van der Waals surface area (Å²) in [6.45, 7) is 0. The van der Waals surface area contributed by atoms with Gasteiger partial charge in [-0.15, -0.1) is 18.3 Å². The molecule has 25 heavy (non-hydrogen) atoms. The van der Waals surface area contributed by atoms with Crippen LogP contribution in [0.15, 0.2) is 54.7 Å². The molecule has 1 heterocycles. The molecule has 0 amide bonds. The molecule has 1 N–H and O–H groups in total. The molecule has 0 unspecified atom stereocenters. The molecular weight excluding hydrogens is 351 g/mol. The van der Waals surface area contributed by atoms with Gasteiger partial charge in [0.1, 0.15) is 11.4 Å². The monoisotopic (exact) mass is 365 g/mol. The highest BCUT2D eigenvalue weighted by Crippen LogP contribution is 2.25. The van der Waals surface area contributed by atoms with Crippen LogP contribution in [0.4, 0.5) is 13.2 Å². The molecule has 1 aromatic heterocycles. The van der Waals surface area contributed by atoms with Gasteiger partial charge in [-0.1, -0.05) is 35.5 Å². The molecule has 0 radical (unpaired) electrons. The van der Waals surface area contributed by atoms with E-state index in [0.29, 0.717) is 5.75 Å². The summed E-state index contributed by atoms with van der Waals surface area (Å²) in [5, 5.41) is 10.4. The Morgan fingerprint density at radius 3 is 2.44 bits per heavy atom. The lowest BCUT2D eigenvalue weighted by atomic mass is 10.1. The van der Waals surface area contributed by atoms with E-state index in [1.165, 1.54) is 12.1 Å². The lowest BCUT2D eigenvalue weighted by Crippen LogP contribution is -2.16. The number of benzene rings is 2. The summed E-state index contributed by atoms with van der Waals surface area (Å²) in [6.07, 6.45) is -2.93. The van der Waals surface area contributed by atoms with E-state index in [0.717, 1.165) is 28.1 Å². The van der Waals surface area contributed by atoms with Gasteiger partial charge in [-0.3, -0.25) is 5.10 Å². The first kappa shape index (κ1) is 17.3. The van der Waals surface area contributed by atoms with Crippen molar-refractivity contribution in [1.82, 2.24) is 15.4 Å². The number of rotatable bonds is 6. The Labute approximate surface area is 146 Å². The molecule has 3 aromatic rings. The van der Waals surface area contributed by atoms with Gasteiger partial charge in [-0.25, -0.2) is 0 Å². The summed E-state index contributed by atoms with van der Waals surface area (Å²) in [4.78, 5) is 0. The Morgan fingerprint density at radius 2 is 1.76 bits per heavy atom. The number of halogens is 3. The maximum atomic E-state index is 12.1. The van der Waals surface area contributed by atoms with Crippen molar-refractivity contribution < 1.29 is 17.9 Å². The van der Waals surface area contributed by atoms with E-state index in [9.17, 15) is 13.2 Å². The third-order valence-corrected chi connectivity index (χ3v) is 4.41. The van der Waals surface area contributed by atoms with Crippen LogP contribution < -0.4 is 4.74 Å². The molecule has 0 aliphatic heterocycles. The Kier molecular flexibility index (Phi) is 5.28. The van der Waals surface area contributed by atoms with Crippen molar-refractivity contribution in [1.29, 1.82) is 0 Å². The van der Waals surface area contributed by atoms with Crippen molar-refractivity contribution in [2.75, 3.05) is 0 Å². The van der Waals surface area contributed by atoms with Crippen molar-refractivity contribution in [3.63, 3.8) is 0 Å². The molecular formula is C17H14F3N3OS. The standard InChI is InChI=1S/C17H14F3N3OS/c18-17(19,20)24-15-6-4-12(5-7-15)10-25-11-13-2-1-3-14(8-13)16-9-21-23-22-16/h1-9H,10-11H2,(H,21,22,23). The number of nitrogens with zero attached hydrogens (tertiary/aromatic N) is 2. The zero-order valence-electron chi connectivity index (χ0n) is 13.0. The number of aromatic amines is 1. The molecule has 130 valence electrons. The van der Waals surface area contributed by atoms with Crippen LogP contribution in [0.1, 0.15) is 11.1 Å².